The molecule has 0 aliphatic heterocycles. The number of allylic oxidation sites excluding steroid dienone is 1. The number of aliphatic hydroxyl groups is 2. The van der Waals surface area contributed by atoms with E-state index in [4.69, 9.17) is 0 Å². The second kappa shape index (κ2) is 4.54. The zero-order valence-electron chi connectivity index (χ0n) is 14.0. The number of ketones is 2. The van der Waals surface area contributed by atoms with Gasteiger partial charge in [0.2, 0.25) is 0 Å². The highest BCUT2D eigenvalue weighted by atomic mass is 16.5. The van der Waals surface area contributed by atoms with Crippen LogP contribution in [0.4, 0.5) is 0 Å². The SMILES string of the molecule is C[C@]12CCC(=O)C=C1CC[C@H]1[C@@H]3C(O)(O)CC(=O)[C@@]3(C)CC[C@@H]12. The van der Waals surface area contributed by atoms with Crippen LogP contribution in [0.3, 0.4) is 0 Å². The average molecular weight is 318 g/mol. The summed E-state index contributed by atoms with van der Waals surface area (Å²) in [6, 6.07) is 0. The van der Waals surface area contributed by atoms with E-state index in [0.29, 0.717) is 12.3 Å². The lowest BCUT2D eigenvalue weighted by Gasteiger charge is -2.57. The summed E-state index contributed by atoms with van der Waals surface area (Å²) < 4.78 is 0. The van der Waals surface area contributed by atoms with Gasteiger partial charge in [0.05, 0.1) is 6.42 Å². The minimum Gasteiger partial charge on any atom is -0.365 e. The maximum atomic E-state index is 12.4. The first kappa shape index (κ1) is 15.5. The van der Waals surface area contributed by atoms with Gasteiger partial charge >= 0.3 is 0 Å². The number of rotatable bonds is 0. The van der Waals surface area contributed by atoms with Crippen molar-refractivity contribution in [2.45, 2.75) is 64.6 Å². The predicted molar refractivity (Wildman–Crippen MR) is 84.3 cm³/mol. The number of carbonyl (C=O) groups is 2. The van der Waals surface area contributed by atoms with Crippen LogP contribution in [-0.4, -0.2) is 27.6 Å². The molecule has 0 spiro atoms. The van der Waals surface area contributed by atoms with E-state index in [2.05, 4.69) is 6.92 Å². The first-order valence-electron chi connectivity index (χ1n) is 8.90. The highest BCUT2D eigenvalue weighted by Gasteiger charge is 2.66. The van der Waals surface area contributed by atoms with Crippen molar-refractivity contribution in [2.24, 2.45) is 28.6 Å². The van der Waals surface area contributed by atoms with E-state index >= 15 is 0 Å². The number of carbonyl (C=O) groups excluding carboxylic acids is 2. The second-order valence-electron chi connectivity index (χ2n) is 8.77. The molecular weight excluding hydrogens is 292 g/mol. The Morgan fingerprint density at radius 2 is 1.78 bits per heavy atom. The van der Waals surface area contributed by atoms with Gasteiger partial charge in [0.15, 0.2) is 11.6 Å². The molecule has 0 aromatic rings. The maximum absolute atomic E-state index is 12.4. The van der Waals surface area contributed by atoms with Gasteiger partial charge in [-0.3, -0.25) is 9.59 Å². The van der Waals surface area contributed by atoms with Crippen molar-refractivity contribution in [2.75, 3.05) is 0 Å². The van der Waals surface area contributed by atoms with E-state index in [1.54, 1.807) is 0 Å². The van der Waals surface area contributed by atoms with Gasteiger partial charge in [-0.15, -0.1) is 0 Å². The molecular formula is C19H26O4. The Bertz CT molecular complexity index is 619. The van der Waals surface area contributed by atoms with Crippen LogP contribution >= 0.6 is 0 Å². The normalized spacial score (nSPS) is 48.3. The fraction of sp³-hybridized carbons (Fsp3) is 0.789. The van der Waals surface area contributed by atoms with Crippen molar-refractivity contribution in [1.29, 1.82) is 0 Å². The summed E-state index contributed by atoms with van der Waals surface area (Å²) in [5, 5.41) is 21.1. The third-order valence-electron chi connectivity index (χ3n) is 7.69. The van der Waals surface area contributed by atoms with Crippen molar-refractivity contribution in [3.8, 4) is 0 Å². The van der Waals surface area contributed by atoms with Crippen molar-refractivity contribution in [3.63, 3.8) is 0 Å². The molecule has 0 heterocycles. The number of hydrogen-bond acceptors (Lipinski definition) is 4. The zero-order valence-corrected chi connectivity index (χ0v) is 14.0. The van der Waals surface area contributed by atoms with Gasteiger partial charge < -0.3 is 10.2 Å². The van der Waals surface area contributed by atoms with Crippen molar-refractivity contribution in [1.82, 2.24) is 0 Å². The van der Waals surface area contributed by atoms with Gasteiger partial charge in [-0.1, -0.05) is 19.4 Å². The maximum Gasteiger partial charge on any atom is 0.173 e. The lowest BCUT2D eigenvalue weighted by atomic mass is 9.47. The molecule has 5 atom stereocenters. The Kier molecular flexibility index (Phi) is 3.07. The molecule has 23 heavy (non-hydrogen) atoms. The van der Waals surface area contributed by atoms with Crippen LogP contribution in [0.15, 0.2) is 11.6 Å². The molecule has 4 nitrogen and oxygen atoms in total. The summed E-state index contributed by atoms with van der Waals surface area (Å²) in [5.41, 5.74) is 0.650. The molecule has 4 aliphatic carbocycles. The van der Waals surface area contributed by atoms with Crippen molar-refractivity contribution in [3.05, 3.63) is 11.6 Å². The Morgan fingerprint density at radius 3 is 2.52 bits per heavy atom. The summed E-state index contributed by atoms with van der Waals surface area (Å²) in [6.45, 7) is 4.18. The van der Waals surface area contributed by atoms with Crippen LogP contribution in [0, 0.1) is 28.6 Å². The molecule has 0 radical (unpaired) electrons. The molecule has 0 unspecified atom stereocenters. The highest BCUT2D eigenvalue weighted by molar-refractivity contribution is 5.92. The monoisotopic (exact) mass is 318 g/mol. The van der Waals surface area contributed by atoms with Crippen LogP contribution in [0.25, 0.3) is 0 Å². The van der Waals surface area contributed by atoms with E-state index in [-0.39, 0.29) is 35.2 Å². The molecule has 4 heteroatoms. The topological polar surface area (TPSA) is 74.6 Å². The average Bonchev–Trinajstić information content (AvgIpc) is 2.65. The van der Waals surface area contributed by atoms with E-state index in [1.807, 2.05) is 13.0 Å². The van der Waals surface area contributed by atoms with Gasteiger partial charge in [0.25, 0.3) is 0 Å². The lowest BCUT2D eigenvalue weighted by Crippen LogP contribution is -2.55. The Labute approximate surface area is 137 Å². The second-order valence-corrected chi connectivity index (χ2v) is 8.77. The summed E-state index contributed by atoms with van der Waals surface area (Å²) in [5.74, 6) is -1.49. The van der Waals surface area contributed by atoms with Crippen LogP contribution < -0.4 is 0 Å². The molecule has 2 N–H and O–H groups in total. The number of hydrogen-bond donors (Lipinski definition) is 2. The zero-order chi connectivity index (χ0) is 16.6. The molecule has 0 bridgehead atoms. The molecule has 3 fully saturated rings. The largest absolute Gasteiger partial charge is 0.365 e. The Morgan fingerprint density at radius 1 is 1.04 bits per heavy atom. The molecule has 0 saturated heterocycles. The molecule has 0 aromatic heterocycles. The quantitative estimate of drug-likeness (QED) is 0.673. The van der Waals surface area contributed by atoms with Crippen LogP contribution in [-0.2, 0) is 9.59 Å². The molecule has 4 rings (SSSR count). The number of Topliss-reactive ketones (excluding diaryl/α,β-unsaturated/α-hetero) is 1. The van der Waals surface area contributed by atoms with Gasteiger partial charge in [-0.2, -0.15) is 0 Å². The van der Waals surface area contributed by atoms with Gasteiger partial charge in [-0.05, 0) is 55.4 Å². The van der Waals surface area contributed by atoms with Crippen LogP contribution in [0.1, 0.15) is 58.8 Å². The predicted octanol–water partition coefficient (Wildman–Crippen LogP) is 2.38. The lowest BCUT2D eigenvalue weighted by molar-refractivity contribution is -0.231. The van der Waals surface area contributed by atoms with Crippen LogP contribution in [0.5, 0.6) is 0 Å². The van der Waals surface area contributed by atoms with Crippen LogP contribution in [0.2, 0.25) is 0 Å². The smallest absolute Gasteiger partial charge is 0.173 e. The van der Waals surface area contributed by atoms with Gasteiger partial charge in [0.1, 0.15) is 5.78 Å². The first-order valence-corrected chi connectivity index (χ1v) is 8.90. The molecule has 4 aliphatic rings. The molecule has 0 amide bonds. The summed E-state index contributed by atoms with van der Waals surface area (Å²) in [6.07, 6.45) is 6.55. The standard InChI is InChI=1S/C19H26O4/c1-17-7-5-12(20)9-11(17)3-4-13-14(17)6-8-18(2)15(21)10-19(22,23)16(13)18/h9,13-14,16,22-23H,3-8,10H2,1-2H3/t13-,14+,16+,17+,18-/m1/s1. The number of fused-ring (bicyclic) bond motifs is 5. The van der Waals surface area contributed by atoms with E-state index in [9.17, 15) is 19.8 Å². The van der Waals surface area contributed by atoms with Crippen molar-refractivity contribution < 1.29 is 19.8 Å². The Balaban J connectivity index is 1.76. The fourth-order valence-electron chi connectivity index (χ4n) is 6.48. The highest BCUT2D eigenvalue weighted by Crippen LogP contribution is 2.65. The molecule has 126 valence electrons. The summed E-state index contributed by atoms with van der Waals surface area (Å²) in [7, 11) is 0. The van der Waals surface area contributed by atoms with Gasteiger partial charge in [-0.25, -0.2) is 0 Å². The van der Waals surface area contributed by atoms with E-state index in [1.165, 1.54) is 5.57 Å². The van der Waals surface area contributed by atoms with E-state index in [0.717, 1.165) is 32.1 Å². The summed E-state index contributed by atoms with van der Waals surface area (Å²) >= 11 is 0. The molecule has 3 saturated carbocycles. The minimum absolute atomic E-state index is 0.0104. The van der Waals surface area contributed by atoms with E-state index < -0.39 is 11.2 Å². The van der Waals surface area contributed by atoms with Gasteiger partial charge in [0, 0.05) is 17.8 Å². The van der Waals surface area contributed by atoms with Crippen molar-refractivity contribution >= 4 is 11.6 Å². The third-order valence-corrected chi connectivity index (χ3v) is 7.69. The summed E-state index contributed by atoms with van der Waals surface area (Å²) in [4.78, 5) is 24.2. The Hall–Kier alpha value is -1.00. The minimum atomic E-state index is -1.86. The first-order chi connectivity index (χ1) is 10.7. The fourth-order valence-corrected chi connectivity index (χ4v) is 6.48. The molecule has 0 aromatic carbocycles. The third kappa shape index (κ3) is 1.91.